The van der Waals surface area contributed by atoms with Crippen molar-refractivity contribution >= 4 is 5.82 Å². The van der Waals surface area contributed by atoms with E-state index in [1.807, 2.05) is 0 Å². The second-order valence-corrected chi connectivity index (χ2v) is 4.04. The van der Waals surface area contributed by atoms with Crippen molar-refractivity contribution in [1.29, 1.82) is 5.26 Å². The molecular formula is C12H16N4O. The molecular weight excluding hydrogens is 216 g/mol. The molecule has 5 nitrogen and oxygen atoms in total. The summed E-state index contributed by atoms with van der Waals surface area (Å²) in [4.78, 5) is 8.62. The Morgan fingerprint density at radius 1 is 1.35 bits per heavy atom. The van der Waals surface area contributed by atoms with Crippen molar-refractivity contribution in [3.05, 3.63) is 23.9 Å². The Kier molecular flexibility index (Phi) is 3.91. The summed E-state index contributed by atoms with van der Waals surface area (Å²) in [5, 5.41) is 17.9. The molecule has 90 valence electrons. The van der Waals surface area contributed by atoms with Gasteiger partial charge in [0.15, 0.2) is 0 Å². The van der Waals surface area contributed by atoms with Gasteiger partial charge in [0, 0.05) is 38.9 Å². The molecule has 2 heterocycles. The van der Waals surface area contributed by atoms with Crippen LogP contribution >= 0.6 is 0 Å². The average Bonchev–Trinajstić information content (AvgIpc) is 2.40. The van der Waals surface area contributed by atoms with Gasteiger partial charge in [-0.25, -0.2) is 4.98 Å². The van der Waals surface area contributed by atoms with Crippen LogP contribution in [0, 0.1) is 11.3 Å². The van der Waals surface area contributed by atoms with Crippen LogP contribution in [0.3, 0.4) is 0 Å². The zero-order valence-corrected chi connectivity index (χ0v) is 9.71. The number of hydrogen-bond acceptors (Lipinski definition) is 5. The van der Waals surface area contributed by atoms with Gasteiger partial charge < -0.3 is 10.0 Å². The number of rotatable bonds is 3. The summed E-state index contributed by atoms with van der Waals surface area (Å²) >= 11 is 0. The monoisotopic (exact) mass is 232 g/mol. The van der Waals surface area contributed by atoms with Crippen molar-refractivity contribution in [2.45, 2.75) is 0 Å². The van der Waals surface area contributed by atoms with Crippen molar-refractivity contribution in [1.82, 2.24) is 9.88 Å². The number of nitriles is 1. The van der Waals surface area contributed by atoms with Gasteiger partial charge >= 0.3 is 0 Å². The second-order valence-electron chi connectivity index (χ2n) is 4.04. The van der Waals surface area contributed by atoms with Crippen LogP contribution in [0.2, 0.25) is 0 Å². The van der Waals surface area contributed by atoms with E-state index in [9.17, 15) is 0 Å². The maximum atomic E-state index is 9.03. The van der Waals surface area contributed by atoms with Gasteiger partial charge in [0.05, 0.1) is 12.2 Å². The number of pyridine rings is 1. The highest BCUT2D eigenvalue weighted by Gasteiger charge is 2.19. The number of piperazine rings is 1. The fraction of sp³-hybridized carbons (Fsp3) is 0.500. The van der Waals surface area contributed by atoms with E-state index in [0.717, 1.165) is 38.5 Å². The minimum absolute atomic E-state index is 0.201. The van der Waals surface area contributed by atoms with E-state index in [4.69, 9.17) is 10.4 Å². The third-order valence-electron chi connectivity index (χ3n) is 3.00. The lowest BCUT2D eigenvalue weighted by Crippen LogP contribution is -2.47. The third-order valence-corrected chi connectivity index (χ3v) is 3.00. The molecule has 0 aliphatic carbocycles. The molecule has 1 N–H and O–H groups in total. The molecule has 1 fully saturated rings. The predicted octanol–water partition coefficient (Wildman–Crippen LogP) is 0.0676. The molecule has 1 aromatic rings. The molecule has 0 unspecified atom stereocenters. The average molecular weight is 232 g/mol. The fourth-order valence-corrected chi connectivity index (χ4v) is 2.06. The first-order valence-electron chi connectivity index (χ1n) is 5.78. The molecule has 17 heavy (non-hydrogen) atoms. The first-order valence-corrected chi connectivity index (χ1v) is 5.78. The van der Waals surface area contributed by atoms with Crippen molar-refractivity contribution in [2.24, 2.45) is 0 Å². The first kappa shape index (κ1) is 11.8. The van der Waals surface area contributed by atoms with Crippen LogP contribution in [-0.2, 0) is 0 Å². The molecule has 5 heteroatoms. The zero-order chi connectivity index (χ0) is 12.1. The Hall–Kier alpha value is -1.64. The number of β-amino-alcohol motifs (C(OH)–C–C–N with tert-alkyl or cyclic N) is 1. The van der Waals surface area contributed by atoms with Crippen molar-refractivity contribution in [3.63, 3.8) is 0 Å². The standard InChI is InChI=1S/C12H16N4O/c13-10-11-2-1-3-14-12(11)16-6-4-15(5-7-16)8-9-17/h1-3,17H,4-9H2. The molecule has 0 atom stereocenters. The van der Waals surface area contributed by atoms with Gasteiger partial charge in [0.1, 0.15) is 11.9 Å². The van der Waals surface area contributed by atoms with Crippen LogP contribution in [-0.4, -0.2) is 54.3 Å². The summed E-state index contributed by atoms with van der Waals surface area (Å²) in [7, 11) is 0. The highest BCUT2D eigenvalue weighted by Crippen LogP contribution is 2.17. The van der Waals surface area contributed by atoms with E-state index >= 15 is 0 Å². The number of aliphatic hydroxyl groups excluding tert-OH is 1. The smallest absolute Gasteiger partial charge is 0.146 e. The molecule has 0 bridgehead atoms. The van der Waals surface area contributed by atoms with Crippen LogP contribution in [0.15, 0.2) is 18.3 Å². The summed E-state index contributed by atoms with van der Waals surface area (Å²) in [6, 6.07) is 5.75. The lowest BCUT2D eigenvalue weighted by Gasteiger charge is -2.35. The minimum atomic E-state index is 0.201. The van der Waals surface area contributed by atoms with Gasteiger partial charge in [0.25, 0.3) is 0 Å². The highest BCUT2D eigenvalue weighted by molar-refractivity contribution is 5.53. The largest absolute Gasteiger partial charge is 0.395 e. The normalized spacial score (nSPS) is 16.8. The second kappa shape index (κ2) is 5.62. The summed E-state index contributed by atoms with van der Waals surface area (Å²) in [6.07, 6.45) is 1.72. The van der Waals surface area contributed by atoms with Gasteiger partial charge in [-0.15, -0.1) is 0 Å². The molecule has 0 saturated carbocycles. The maximum absolute atomic E-state index is 9.03. The van der Waals surface area contributed by atoms with Crippen molar-refractivity contribution in [2.75, 3.05) is 44.2 Å². The molecule has 1 saturated heterocycles. The molecule has 1 aliphatic rings. The summed E-state index contributed by atoms with van der Waals surface area (Å²) in [5.41, 5.74) is 0.628. The number of aliphatic hydroxyl groups is 1. The molecule has 0 aromatic carbocycles. The Morgan fingerprint density at radius 2 is 2.12 bits per heavy atom. The number of anilines is 1. The SMILES string of the molecule is N#Cc1cccnc1N1CCN(CCO)CC1. The quantitative estimate of drug-likeness (QED) is 0.799. The van der Waals surface area contributed by atoms with E-state index in [1.165, 1.54) is 0 Å². The third kappa shape index (κ3) is 2.73. The van der Waals surface area contributed by atoms with Crippen LogP contribution in [0.25, 0.3) is 0 Å². The van der Waals surface area contributed by atoms with E-state index in [-0.39, 0.29) is 6.61 Å². The lowest BCUT2D eigenvalue weighted by atomic mass is 10.2. The Morgan fingerprint density at radius 3 is 2.76 bits per heavy atom. The van der Waals surface area contributed by atoms with Crippen LogP contribution in [0.5, 0.6) is 0 Å². The van der Waals surface area contributed by atoms with E-state index in [2.05, 4.69) is 20.9 Å². The van der Waals surface area contributed by atoms with Crippen LogP contribution in [0.1, 0.15) is 5.56 Å². The zero-order valence-electron chi connectivity index (χ0n) is 9.71. The molecule has 1 aliphatic heterocycles. The number of hydrogen-bond donors (Lipinski definition) is 1. The van der Waals surface area contributed by atoms with E-state index in [0.29, 0.717) is 5.56 Å². The predicted molar refractivity (Wildman–Crippen MR) is 64.7 cm³/mol. The van der Waals surface area contributed by atoms with Crippen molar-refractivity contribution in [3.8, 4) is 6.07 Å². The summed E-state index contributed by atoms with van der Waals surface area (Å²) in [5.74, 6) is 0.777. The molecule has 0 amide bonds. The maximum Gasteiger partial charge on any atom is 0.146 e. The molecule has 0 radical (unpaired) electrons. The van der Waals surface area contributed by atoms with E-state index in [1.54, 1.807) is 18.3 Å². The summed E-state index contributed by atoms with van der Waals surface area (Å²) in [6.45, 7) is 4.44. The van der Waals surface area contributed by atoms with Crippen molar-refractivity contribution < 1.29 is 5.11 Å². The minimum Gasteiger partial charge on any atom is -0.395 e. The van der Waals surface area contributed by atoms with Gasteiger partial charge in [-0.05, 0) is 12.1 Å². The highest BCUT2D eigenvalue weighted by atomic mass is 16.3. The van der Waals surface area contributed by atoms with Crippen LogP contribution < -0.4 is 4.90 Å². The number of aromatic nitrogens is 1. The van der Waals surface area contributed by atoms with Gasteiger partial charge in [-0.2, -0.15) is 5.26 Å². The lowest BCUT2D eigenvalue weighted by molar-refractivity contribution is 0.188. The van der Waals surface area contributed by atoms with Gasteiger partial charge in [0.2, 0.25) is 0 Å². The molecule has 2 rings (SSSR count). The summed E-state index contributed by atoms with van der Waals surface area (Å²) < 4.78 is 0. The van der Waals surface area contributed by atoms with Gasteiger partial charge in [-0.1, -0.05) is 0 Å². The Bertz CT molecular complexity index is 407. The first-order chi connectivity index (χ1) is 8.35. The topological polar surface area (TPSA) is 63.4 Å². The Balaban J connectivity index is 2.03. The van der Waals surface area contributed by atoms with E-state index < -0.39 is 0 Å². The number of nitrogens with zero attached hydrogens (tertiary/aromatic N) is 4. The van der Waals surface area contributed by atoms with Gasteiger partial charge in [-0.3, -0.25) is 4.90 Å². The fourth-order valence-electron chi connectivity index (χ4n) is 2.06. The molecule has 0 spiro atoms. The Labute approximate surface area is 101 Å². The molecule has 1 aromatic heterocycles. The van der Waals surface area contributed by atoms with Crippen LogP contribution in [0.4, 0.5) is 5.82 Å².